The molecule has 0 atom stereocenters. The van der Waals surface area contributed by atoms with Crippen LogP contribution in [0.1, 0.15) is 5.56 Å². The number of nitrogens with zero attached hydrogens (tertiary/aromatic N) is 2. The molecule has 4 rings (SSSR count). The first kappa shape index (κ1) is 14.4. The molecular formula is C17H21N4O2+. The van der Waals surface area contributed by atoms with Crippen molar-refractivity contribution in [2.24, 2.45) is 0 Å². The molecule has 1 fully saturated rings. The number of nitrogens with one attached hydrogen (secondary N) is 2. The molecule has 0 amide bonds. The quantitative estimate of drug-likeness (QED) is 0.721. The average Bonchev–Trinajstić information content (AvgIpc) is 2.93. The van der Waals surface area contributed by atoms with Gasteiger partial charge in [-0.2, -0.15) is 0 Å². The molecule has 0 bridgehead atoms. The van der Waals surface area contributed by atoms with Gasteiger partial charge in [0.25, 0.3) is 5.56 Å². The molecule has 6 heteroatoms. The standard InChI is InChI=1S/C17H20N4O2/c1-12-2-3-13-14(10-12)19-16-15(13)18-11-21(17(16)22)5-4-20-6-8-23-9-7-20/h2-3,10-11,19H,4-9H2,1H3/p+1. The van der Waals surface area contributed by atoms with Crippen LogP contribution in [-0.4, -0.2) is 47.4 Å². The number of fused-ring (bicyclic) bond motifs is 3. The molecule has 0 unspecified atom stereocenters. The van der Waals surface area contributed by atoms with Crippen LogP contribution < -0.4 is 10.5 Å². The molecule has 1 aliphatic rings. The molecule has 0 radical (unpaired) electrons. The van der Waals surface area contributed by atoms with Crippen LogP contribution >= 0.6 is 0 Å². The summed E-state index contributed by atoms with van der Waals surface area (Å²) in [7, 11) is 0. The number of aromatic nitrogens is 3. The zero-order valence-electron chi connectivity index (χ0n) is 13.3. The van der Waals surface area contributed by atoms with Crippen molar-refractivity contribution in [2.45, 2.75) is 13.5 Å². The van der Waals surface area contributed by atoms with Crippen LogP contribution in [0.15, 0.2) is 29.3 Å². The first-order chi connectivity index (χ1) is 11.2. The zero-order chi connectivity index (χ0) is 15.8. The number of hydrogen-bond acceptors (Lipinski definition) is 3. The lowest BCUT2D eigenvalue weighted by Gasteiger charge is -2.23. The van der Waals surface area contributed by atoms with E-state index in [4.69, 9.17) is 4.74 Å². The average molecular weight is 313 g/mol. The van der Waals surface area contributed by atoms with Crippen LogP contribution in [0.4, 0.5) is 0 Å². The van der Waals surface area contributed by atoms with Crippen LogP contribution in [0.25, 0.3) is 21.9 Å². The van der Waals surface area contributed by atoms with Gasteiger partial charge in [-0.25, -0.2) is 4.98 Å². The highest BCUT2D eigenvalue weighted by atomic mass is 16.5. The van der Waals surface area contributed by atoms with Gasteiger partial charge in [0.2, 0.25) is 0 Å². The maximum absolute atomic E-state index is 12.7. The van der Waals surface area contributed by atoms with E-state index in [1.165, 1.54) is 10.5 Å². The largest absolute Gasteiger partial charge is 0.370 e. The van der Waals surface area contributed by atoms with Crippen LogP contribution in [0.2, 0.25) is 0 Å². The summed E-state index contributed by atoms with van der Waals surface area (Å²) >= 11 is 0. The lowest BCUT2D eigenvalue weighted by atomic mass is 10.2. The summed E-state index contributed by atoms with van der Waals surface area (Å²) in [5, 5.41) is 1.01. The van der Waals surface area contributed by atoms with Gasteiger partial charge < -0.3 is 14.6 Å². The Bertz CT molecular complexity index is 906. The third kappa shape index (κ3) is 2.64. The van der Waals surface area contributed by atoms with Gasteiger partial charge in [0.05, 0.1) is 32.6 Å². The van der Waals surface area contributed by atoms with Crippen molar-refractivity contribution < 1.29 is 9.64 Å². The zero-order valence-corrected chi connectivity index (χ0v) is 13.3. The van der Waals surface area contributed by atoms with Gasteiger partial charge in [-0.15, -0.1) is 0 Å². The Morgan fingerprint density at radius 3 is 3.00 bits per heavy atom. The van der Waals surface area contributed by atoms with Crippen molar-refractivity contribution in [3.8, 4) is 0 Å². The van der Waals surface area contributed by atoms with Crippen LogP contribution in [0.3, 0.4) is 0 Å². The summed E-state index contributed by atoms with van der Waals surface area (Å²) in [6, 6.07) is 6.13. The molecule has 1 aliphatic heterocycles. The number of benzene rings is 1. The lowest BCUT2D eigenvalue weighted by molar-refractivity contribution is -0.908. The minimum absolute atomic E-state index is 0.0107. The molecule has 0 aliphatic carbocycles. The van der Waals surface area contributed by atoms with Crippen molar-refractivity contribution in [1.82, 2.24) is 14.5 Å². The third-order valence-corrected chi connectivity index (χ3v) is 4.63. The van der Waals surface area contributed by atoms with E-state index in [1.807, 2.05) is 19.1 Å². The van der Waals surface area contributed by atoms with Gasteiger partial charge in [0.1, 0.15) is 24.1 Å². The minimum atomic E-state index is 0.0107. The molecule has 0 spiro atoms. The van der Waals surface area contributed by atoms with Crippen molar-refractivity contribution in [1.29, 1.82) is 0 Å². The summed E-state index contributed by atoms with van der Waals surface area (Å²) in [6.45, 7) is 7.29. The fraction of sp³-hybridized carbons (Fsp3) is 0.412. The molecule has 1 saturated heterocycles. The van der Waals surface area contributed by atoms with Gasteiger partial charge in [-0.05, 0) is 18.6 Å². The van der Waals surface area contributed by atoms with E-state index < -0.39 is 0 Å². The predicted octanol–water partition coefficient (Wildman–Crippen LogP) is 0.101. The summed E-state index contributed by atoms with van der Waals surface area (Å²) in [5.41, 5.74) is 3.52. The van der Waals surface area contributed by atoms with E-state index in [1.54, 1.807) is 10.9 Å². The summed E-state index contributed by atoms with van der Waals surface area (Å²) in [4.78, 5) is 22.0. The Kier molecular flexibility index (Phi) is 3.63. The van der Waals surface area contributed by atoms with E-state index in [2.05, 4.69) is 16.0 Å². The third-order valence-electron chi connectivity index (χ3n) is 4.63. The molecule has 0 saturated carbocycles. The Morgan fingerprint density at radius 1 is 1.35 bits per heavy atom. The Labute approximate surface area is 133 Å². The summed E-state index contributed by atoms with van der Waals surface area (Å²) in [6.07, 6.45) is 1.68. The number of quaternary nitrogens is 1. The van der Waals surface area contributed by atoms with E-state index in [9.17, 15) is 4.79 Å². The highest BCUT2D eigenvalue weighted by molar-refractivity contribution is 6.04. The normalized spacial score (nSPS) is 16.4. The lowest BCUT2D eigenvalue weighted by Crippen LogP contribution is -3.14. The molecule has 23 heavy (non-hydrogen) atoms. The maximum Gasteiger partial charge on any atom is 0.277 e. The van der Waals surface area contributed by atoms with Gasteiger partial charge >= 0.3 is 0 Å². The second-order valence-electron chi connectivity index (χ2n) is 6.25. The van der Waals surface area contributed by atoms with Crippen molar-refractivity contribution in [3.05, 3.63) is 40.4 Å². The van der Waals surface area contributed by atoms with E-state index in [-0.39, 0.29) is 5.56 Å². The number of aryl methyl sites for hydroxylation is 1. The first-order valence-corrected chi connectivity index (χ1v) is 8.11. The maximum atomic E-state index is 12.7. The number of hydrogen-bond donors (Lipinski definition) is 2. The van der Waals surface area contributed by atoms with Crippen molar-refractivity contribution in [2.75, 3.05) is 32.8 Å². The summed E-state index contributed by atoms with van der Waals surface area (Å²) in [5.74, 6) is 0. The smallest absolute Gasteiger partial charge is 0.277 e. The monoisotopic (exact) mass is 313 g/mol. The van der Waals surface area contributed by atoms with Gasteiger partial charge in [-0.1, -0.05) is 12.1 Å². The molecule has 3 aromatic rings. The van der Waals surface area contributed by atoms with Crippen LogP contribution in [0, 0.1) is 6.92 Å². The van der Waals surface area contributed by atoms with Gasteiger partial charge in [0, 0.05) is 10.9 Å². The Hall–Kier alpha value is -2.18. The SMILES string of the molecule is Cc1ccc2c(c1)[nH]c1c(=O)n(CC[NH+]3CCOCC3)cnc12. The van der Waals surface area contributed by atoms with E-state index in [0.717, 1.165) is 49.3 Å². The second-order valence-corrected chi connectivity index (χ2v) is 6.25. The molecule has 3 heterocycles. The predicted molar refractivity (Wildman–Crippen MR) is 89.0 cm³/mol. The topological polar surface area (TPSA) is 64.3 Å². The van der Waals surface area contributed by atoms with Gasteiger partial charge in [-0.3, -0.25) is 9.36 Å². The van der Waals surface area contributed by atoms with E-state index in [0.29, 0.717) is 12.1 Å². The van der Waals surface area contributed by atoms with E-state index >= 15 is 0 Å². The first-order valence-electron chi connectivity index (χ1n) is 8.11. The minimum Gasteiger partial charge on any atom is -0.370 e. The highest BCUT2D eigenvalue weighted by Gasteiger charge is 2.15. The highest BCUT2D eigenvalue weighted by Crippen LogP contribution is 2.21. The molecule has 1 aromatic carbocycles. The number of ether oxygens (including phenoxy) is 1. The molecule has 2 aromatic heterocycles. The number of H-pyrrole nitrogens is 1. The second kappa shape index (κ2) is 5.79. The number of morpholine rings is 1. The molecule has 6 nitrogen and oxygen atoms in total. The van der Waals surface area contributed by atoms with Gasteiger partial charge in [0.15, 0.2) is 0 Å². The number of aromatic amines is 1. The Morgan fingerprint density at radius 2 is 2.17 bits per heavy atom. The van der Waals surface area contributed by atoms with Crippen molar-refractivity contribution in [3.63, 3.8) is 0 Å². The van der Waals surface area contributed by atoms with Crippen LogP contribution in [0.5, 0.6) is 0 Å². The fourth-order valence-corrected chi connectivity index (χ4v) is 3.26. The molecule has 2 N–H and O–H groups in total. The molecule has 120 valence electrons. The van der Waals surface area contributed by atoms with Crippen LogP contribution in [-0.2, 0) is 11.3 Å². The molecular weight excluding hydrogens is 292 g/mol. The fourth-order valence-electron chi connectivity index (χ4n) is 3.26. The summed E-state index contributed by atoms with van der Waals surface area (Å²) < 4.78 is 7.09. The van der Waals surface area contributed by atoms with Crippen molar-refractivity contribution >= 4 is 21.9 Å². The number of rotatable bonds is 3. The Balaban J connectivity index is 1.67.